The summed E-state index contributed by atoms with van der Waals surface area (Å²) in [6.45, 7) is 2.59. The number of amides is 1. The standard InChI is InChI=1S/C17H26FN3O.2ClH/c1-21(2)16(14-4-3-5-15(18)10-14)12-20-17(22)7-6-13-8-9-19-11-13;;/h3-5,10,13,16,19H,6-9,11-12H2,1-2H3,(H,20,22);2*1H. The summed E-state index contributed by atoms with van der Waals surface area (Å²) >= 11 is 0. The lowest BCUT2D eigenvalue weighted by Crippen LogP contribution is -2.34. The summed E-state index contributed by atoms with van der Waals surface area (Å²) in [6.07, 6.45) is 2.66. The van der Waals surface area contributed by atoms with Gasteiger partial charge in [0, 0.05) is 13.0 Å². The van der Waals surface area contributed by atoms with Crippen molar-refractivity contribution in [3.8, 4) is 0 Å². The predicted octanol–water partition coefficient (Wildman–Crippen LogP) is 2.78. The average molecular weight is 380 g/mol. The Kier molecular flexibility index (Phi) is 11.2. The second kappa shape index (κ2) is 11.6. The van der Waals surface area contributed by atoms with Gasteiger partial charge in [0.2, 0.25) is 5.91 Å². The van der Waals surface area contributed by atoms with Crippen LogP contribution in [0.25, 0.3) is 0 Å². The fourth-order valence-corrected chi connectivity index (χ4v) is 2.91. The van der Waals surface area contributed by atoms with Crippen LogP contribution < -0.4 is 10.6 Å². The first kappa shape index (κ1) is 23.1. The van der Waals surface area contributed by atoms with Crippen LogP contribution in [0, 0.1) is 11.7 Å². The fraction of sp³-hybridized carbons (Fsp3) is 0.588. The summed E-state index contributed by atoms with van der Waals surface area (Å²) in [5, 5.41) is 6.30. The molecule has 1 saturated heterocycles. The maximum Gasteiger partial charge on any atom is 0.220 e. The minimum Gasteiger partial charge on any atom is -0.354 e. The number of benzene rings is 1. The molecule has 1 amide bonds. The molecule has 0 aliphatic carbocycles. The number of carbonyl (C=O) groups is 1. The smallest absolute Gasteiger partial charge is 0.220 e. The van der Waals surface area contributed by atoms with Crippen LogP contribution in [-0.4, -0.2) is 44.5 Å². The molecule has 2 atom stereocenters. The van der Waals surface area contributed by atoms with E-state index in [0.29, 0.717) is 18.9 Å². The first-order chi connectivity index (χ1) is 10.6. The van der Waals surface area contributed by atoms with Crippen LogP contribution in [0.3, 0.4) is 0 Å². The molecule has 0 bridgehead atoms. The summed E-state index contributed by atoms with van der Waals surface area (Å²) < 4.78 is 13.4. The molecular formula is C17H28Cl2FN3O. The van der Waals surface area contributed by atoms with E-state index in [2.05, 4.69) is 10.6 Å². The van der Waals surface area contributed by atoms with E-state index in [1.807, 2.05) is 25.1 Å². The van der Waals surface area contributed by atoms with Gasteiger partial charge < -0.3 is 15.5 Å². The van der Waals surface area contributed by atoms with Gasteiger partial charge in [0.25, 0.3) is 0 Å². The molecule has 2 N–H and O–H groups in total. The van der Waals surface area contributed by atoms with Crippen molar-refractivity contribution in [1.29, 1.82) is 0 Å². The van der Waals surface area contributed by atoms with Crippen LogP contribution >= 0.6 is 24.8 Å². The number of carbonyl (C=O) groups excluding carboxylic acids is 1. The zero-order valence-corrected chi connectivity index (χ0v) is 15.9. The third-order valence-electron chi connectivity index (χ3n) is 4.29. The van der Waals surface area contributed by atoms with Crippen molar-refractivity contribution in [3.63, 3.8) is 0 Å². The summed E-state index contributed by atoms with van der Waals surface area (Å²) in [4.78, 5) is 14.0. The van der Waals surface area contributed by atoms with E-state index >= 15 is 0 Å². The third kappa shape index (κ3) is 7.34. The molecule has 1 aliphatic heterocycles. The molecule has 24 heavy (non-hydrogen) atoms. The van der Waals surface area contributed by atoms with E-state index in [-0.39, 0.29) is 42.6 Å². The Morgan fingerprint density at radius 1 is 1.42 bits per heavy atom. The van der Waals surface area contributed by atoms with Crippen LogP contribution in [0.1, 0.15) is 30.9 Å². The normalized spacial score (nSPS) is 17.8. The molecule has 1 aliphatic rings. The van der Waals surface area contributed by atoms with Crippen molar-refractivity contribution < 1.29 is 9.18 Å². The molecule has 138 valence electrons. The van der Waals surface area contributed by atoms with E-state index in [1.165, 1.54) is 12.1 Å². The van der Waals surface area contributed by atoms with Gasteiger partial charge in [-0.3, -0.25) is 4.79 Å². The summed E-state index contributed by atoms with van der Waals surface area (Å²) in [6, 6.07) is 6.54. The number of likely N-dealkylation sites (N-methyl/N-ethyl adjacent to an activating group) is 1. The van der Waals surface area contributed by atoms with Crippen LogP contribution in [-0.2, 0) is 4.79 Å². The second-order valence-electron chi connectivity index (χ2n) is 6.24. The highest BCUT2D eigenvalue weighted by Crippen LogP contribution is 2.18. The summed E-state index contributed by atoms with van der Waals surface area (Å²) in [5.41, 5.74) is 0.880. The maximum absolute atomic E-state index is 13.4. The first-order valence-corrected chi connectivity index (χ1v) is 7.95. The third-order valence-corrected chi connectivity index (χ3v) is 4.29. The van der Waals surface area contributed by atoms with Crippen molar-refractivity contribution in [2.24, 2.45) is 5.92 Å². The van der Waals surface area contributed by atoms with E-state index < -0.39 is 0 Å². The number of hydrogen-bond acceptors (Lipinski definition) is 3. The van der Waals surface area contributed by atoms with Gasteiger partial charge in [0.15, 0.2) is 0 Å². The van der Waals surface area contributed by atoms with Gasteiger partial charge in [-0.2, -0.15) is 0 Å². The Morgan fingerprint density at radius 3 is 2.75 bits per heavy atom. The zero-order valence-electron chi connectivity index (χ0n) is 14.3. The van der Waals surface area contributed by atoms with Crippen molar-refractivity contribution in [1.82, 2.24) is 15.5 Å². The monoisotopic (exact) mass is 379 g/mol. The highest BCUT2D eigenvalue weighted by atomic mass is 35.5. The van der Waals surface area contributed by atoms with E-state index in [0.717, 1.165) is 31.5 Å². The number of halogens is 3. The number of hydrogen-bond donors (Lipinski definition) is 2. The average Bonchev–Trinajstić information content (AvgIpc) is 2.98. The van der Waals surface area contributed by atoms with Crippen molar-refractivity contribution in [2.45, 2.75) is 25.3 Å². The molecular weight excluding hydrogens is 352 g/mol. The number of nitrogens with zero attached hydrogens (tertiary/aromatic N) is 1. The summed E-state index contributed by atoms with van der Waals surface area (Å²) in [7, 11) is 3.87. The maximum atomic E-state index is 13.4. The molecule has 0 radical (unpaired) electrons. The predicted molar refractivity (Wildman–Crippen MR) is 101 cm³/mol. The largest absolute Gasteiger partial charge is 0.354 e. The lowest BCUT2D eigenvalue weighted by molar-refractivity contribution is -0.121. The van der Waals surface area contributed by atoms with Gasteiger partial charge in [-0.05, 0) is 63.6 Å². The highest BCUT2D eigenvalue weighted by molar-refractivity contribution is 5.85. The molecule has 2 rings (SSSR count). The lowest BCUT2D eigenvalue weighted by Gasteiger charge is -2.25. The molecule has 1 fully saturated rings. The minimum absolute atomic E-state index is 0. The molecule has 2 unspecified atom stereocenters. The van der Waals surface area contributed by atoms with Crippen molar-refractivity contribution >= 4 is 30.7 Å². The van der Waals surface area contributed by atoms with E-state index in [4.69, 9.17) is 0 Å². The zero-order chi connectivity index (χ0) is 15.9. The van der Waals surface area contributed by atoms with Gasteiger partial charge in [-0.25, -0.2) is 4.39 Å². The molecule has 0 aromatic heterocycles. The Labute approximate surface area is 156 Å². The Hall–Kier alpha value is -0.880. The SMILES string of the molecule is CN(C)C(CNC(=O)CCC1CCNC1)c1cccc(F)c1.Cl.Cl. The molecule has 0 spiro atoms. The van der Waals surface area contributed by atoms with Gasteiger partial charge >= 0.3 is 0 Å². The van der Waals surface area contributed by atoms with Gasteiger partial charge in [-0.15, -0.1) is 24.8 Å². The molecule has 1 aromatic rings. The Bertz CT molecular complexity index is 496. The number of rotatable bonds is 7. The molecule has 1 aromatic carbocycles. The molecule has 4 nitrogen and oxygen atoms in total. The van der Waals surface area contributed by atoms with Crippen LogP contribution in [0.4, 0.5) is 4.39 Å². The fourth-order valence-electron chi connectivity index (χ4n) is 2.91. The van der Waals surface area contributed by atoms with Gasteiger partial charge in [0.1, 0.15) is 5.82 Å². The first-order valence-electron chi connectivity index (χ1n) is 7.95. The lowest BCUT2D eigenvalue weighted by atomic mass is 10.0. The van der Waals surface area contributed by atoms with Crippen LogP contribution in [0.15, 0.2) is 24.3 Å². The Morgan fingerprint density at radius 2 is 2.17 bits per heavy atom. The van der Waals surface area contributed by atoms with Gasteiger partial charge in [-0.1, -0.05) is 12.1 Å². The second-order valence-corrected chi connectivity index (χ2v) is 6.24. The quantitative estimate of drug-likeness (QED) is 0.765. The van der Waals surface area contributed by atoms with Crippen LogP contribution in [0.2, 0.25) is 0 Å². The topological polar surface area (TPSA) is 44.4 Å². The van der Waals surface area contributed by atoms with E-state index in [1.54, 1.807) is 6.07 Å². The molecule has 7 heteroatoms. The van der Waals surface area contributed by atoms with Crippen LogP contribution in [0.5, 0.6) is 0 Å². The Balaban J connectivity index is 0.00000264. The number of nitrogens with one attached hydrogen (secondary N) is 2. The summed E-state index contributed by atoms with van der Waals surface area (Å²) in [5.74, 6) is 0.457. The minimum atomic E-state index is -0.246. The van der Waals surface area contributed by atoms with Crippen molar-refractivity contribution in [2.75, 3.05) is 33.7 Å². The highest BCUT2D eigenvalue weighted by Gasteiger charge is 2.18. The molecule has 1 heterocycles. The van der Waals surface area contributed by atoms with Gasteiger partial charge in [0.05, 0.1) is 6.04 Å². The van der Waals surface area contributed by atoms with E-state index in [9.17, 15) is 9.18 Å². The van der Waals surface area contributed by atoms with Crippen molar-refractivity contribution in [3.05, 3.63) is 35.6 Å². The molecule has 0 saturated carbocycles.